The number of nitrogens with zero attached hydrogens (tertiary/aromatic N) is 2. The van der Waals surface area contributed by atoms with E-state index in [1.807, 2.05) is 0 Å². The molecule has 1 aromatic rings. The van der Waals surface area contributed by atoms with E-state index in [4.69, 9.17) is 27.8 Å². The molecule has 0 radical (unpaired) electrons. The van der Waals surface area contributed by atoms with E-state index in [0.29, 0.717) is 36.4 Å². The Morgan fingerprint density at radius 2 is 2.00 bits per heavy atom. The van der Waals surface area contributed by atoms with Gasteiger partial charge in [0.15, 0.2) is 17.5 Å². The molecule has 1 fully saturated rings. The van der Waals surface area contributed by atoms with Crippen molar-refractivity contribution in [2.24, 2.45) is 28.3 Å². The van der Waals surface area contributed by atoms with E-state index in [0.717, 1.165) is 0 Å². The number of carbonyl (C=O) groups excluding carboxylic acids is 4. The molecule has 5 N–H and O–H groups in total. The molecule has 0 aromatic heterocycles. The molecule has 0 bridgehead atoms. The molecule has 3 atom stereocenters. The zero-order chi connectivity index (χ0) is 28.2. The van der Waals surface area contributed by atoms with Crippen LogP contribution in [0.3, 0.4) is 0 Å². The molecule has 0 spiro atoms. The first kappa shape index (κ1) is 31.0. The molecule has 1 aliphatic heterocycles. The predicted molar refractivity (Wildman–Crippen MR) is 142 cm³/mol. The highest BCUT2D eigenvalue weighted by molar-refractivity contribution is 6.30. The Labute approximate surface area is 227 Å². The van der Waals surface area contributed by atoms with Gasteiger partial charge in [-0.2, -0.15) is 0 Å². The minimum Gasteiger partial charge on any atom is -0.445 e. The molecule has 2 amide bonds. The van der Waals surface area contributed by atoms with Crippen LogP contribution in [0.2, 0.25) is 5.02 Å². The maximum Gasteiger partial charge on any atom is 0.408 e. The van der Waals surface area contributed by atoms with Crippen molar-refractivity contribution in [2.75, 3.05) is 19.8 Å². The van der Waals surface area contributed by atoms with Crippen LogP contribution in [0.25, 0.3) is 0 Å². The second-order valence-electron chi connectivity index (χ2n) is 9.68. The number of alkyl carbamates (subject to hydrolysis) is 1. The molecule has 38 heavy (non-hydrogen) atoms. The van der Waals surface area contributed by atoms with E-state index in [1.165, 1.54) is 4.90 Å². The Bertz CT molecular complexity index is 1020. The van der Waals surface area contributed by atoms with Gasteiger partial charge in [0.2, 0.25) is 5.91 Å². The van der Waals surface area contributed by atoms with Crippen LogP contribution in [0.5, 0.6) is 0 Å². The Morgan fingerprint density at radius 1 is 1.26 bits per heavy atom. The van der Waals surface area contributed by atoms with Gasteiger partial charge in [-0.3, -0.25) is 19.4 Å². The summed E-state index contributed by atoms with van der Waals surface area (Å²) in [6, 6.07) is 5.20. The molecule has 0 aliphatic carbocycles. The second kappa shape index (κ2) is 15.3. The third kappa shape index (κ3) is 9.59. The quantitative estimate of drug-likeness (QED) is 0.181. The van der Waals surface area contributed by atoms with E-state index in [-0.39, 0.29) is 43.7 Å². The molecule has 1 saturated heterocycles. The predicted octanol–water partition coefficient (Wildman–Crippen LogP) is 2.75. The highest BCUT2D eigenvalue weighted by atomic mass is 35.5. The molecule has 1 heterocycles. The maximum absolute atomic E-state index is 13.4. The van der Waals surface area contributed by atoms with Crippen molar-refractivity contribution in [1.29, 1.82) is 0 Å². The highest BCUT2D eigenvalue weighted by Crippen LogP contribution is 2.25. The molecule has 12 heteroatoms. The number of carbonyl (C=O) groups is 4. The van der Waals surface area contributed by atoms with Crippen molar-refractivity contribution in [3.63, 3.8) is 0 Å². The molecule has 2 rings (SSSR count). The van der Waals surface area contributed by atoms with Crippen molar-refractivity contribution >= 4 is 41.1 Å². The number of alkyl halides is 1. The van der Waals surface area contributed by atoms with Crippen molar-refractivity contribution in [3.8, 4) is 0 Å². The third-order valence-corrected chi connectivity index (χ3v) is 6.65. The van der Waals surface area contributed by atoms with Crippen molar-refractivity contribution in [2.45, 2.75) is 64.6 Å². The number of hydrogen-bond acceptors (Lipinski definition) is 6. The van der Waals surface area contributed by atoms with Gasteiger partial charge >= 0.3 is 6.09 Å². The van der Waals surface area contributed by atoms with Gasteiger partial charge in [0.05, 0.1) is 6.04 Å². The smallest absolute Gasteiger partial charge is 0.408 e. The minimum absolute atomic E-state index is 0.0244. The van der Waals surface area contributed by atoms with Crippen LogP contribution in [0.1, 0.15) is 51.5 Å². The normalized spacial score (nSPS) is 16.6. The maximum atomic E-state index is 13.4. The van der Waals surface area contributed by atoms with Crippen molar-refractivity contribution in [1.82, 2.24) is 10.2 Å². The number of rotatable bonds is 14. The van der Waals surface area contributed by atoms with E-state index in [2.05, 4.69) is 10.3 Å². The number of hydrogen-bond donors (Lipinski definition) is 3. The topological polar surface area (TPSA) is 157 Å². The van der Waals surface area contributed by atoms with E-state index in [9.17, 15) is 23.6 Å². The fourth-order valence-electron chi connectivity index (χ4n) is 4.41. The standard InChI is InChI=1S/C26H37ClFN5O5/c1-16(2)23(32-26(37)38-15-17-6-3-8-19(27)12-17)24(36)33-11-5-9-20(33)21(34)13-18(22(35)14-28)7-4-10-31-25(29)30/h3,6,8,12,16,18,20,23H,4-5,7,9-11,13-15H2,1-2H3,(H,32,37)(H4,29,30,31)/t18-,20+,23+/m1/s1. The number of ketones is 2. The highest BCUT2D eigenvalue weighted by Gasteiger charge is 2.39. The number of benzene rings is 1. The van der Waals surface area contributed by atoms with Crippen LogP contribution in [0.4, 0.5) is 9.18 Å². The molecule has 0 unspecified atom stereocenters. The van der Waals surface area contributed by atoms with Gasteiger partial charge in [0.1, 0.15) is 19.3 Å². The number of nitrogens with one attached hydrogen (secondary N) is 1. The average molecular weight is 554 g/mol. The summed E-state index contributed by atoms with van der Waals surface area (Å²) >= 11 is 5.95. The number of amides is 2. The largest absolute Gasteiger partial charge is 0.445 e. The van der Waals surface area contributed by atoms with Gasteiger partial charge in [0, 0.05) is 30.5 Å². The van der Waals surface area contributed by atoms with Gasteiger partial charge in [-0.1, -0.05) is 37.6 Å². The Hall–Kier alpha value is -3.21. The molecule has 210 valence electrons. The number of likely N-dealkylation sites (tertiary alicyclic amines) is 1. The summed E-state index contributed by atoms with van der Waals surface area (Å²) < 4.78 is 18.4. The zero-order valence-electron chi connectivity index (χ0n) is 21.8. The van der Waals surface area contributed by atoms with E-state index >= 15 is 0 Å². The summed E-state index contributed by atoms with van der Waals surface area (Å²) in [5, 5.41) is 3.13. The van der Waals surface area contributed by atoms with E-state index < -0.39 is 42.5 Å². The average Bonchev–Trinajstić information content (AvgIpc) is 3.37. The Morgan fingerprint density at radius 3 is 2.63 bits per heavy atom. The Kier molecular flexibility index (Phi) is 12.5. The summed E-state index contributed by atoms with van der Waals surface area (Å²) in [6.45, 7) is 2.95. The number of ether oxygens (including phenoxy) is 1. The lowest BCUT2D eigenvalue weighted by Gasteiger charge is -2.30. The zero-order valence-corrected chi connectivity index (χ0v) is 22.6. The number of nitrogens with two attached hydrogens (primary N) is 2. The lowest BCUT2D eigenvalue weighted by Crippen LogP contribution is -2.54. The summed E-state index contributed by atoms with van der Waals surface area (Å²) in [6.07, 6.45) is 0.734. The third-order valence-electron chi connectivity index (χ3n) is 6.41. The summed E-state index contributed by atoms with van der Waals surface area (Å²) in [5.74, 6) is -2.57. The summed E-state index contributed by atoms with van der Waals surface area (Å²) in [7, 11) is 0. The number of guanidine groups is 1. The lowest BCUT2D eigenvalue weighted by molar-refractivity contribution is -0.140. The minimum atomic E-state index is -1.18. The second-order valence-corrected chi connectivity index (χ2v) is 10.1. The summed E-state index contributed by atoms with van der Waals surface area (Å²) in [4.78, 5) is 56.5. The van der Waals surface area contributed by atoms with Crippen LogP contribution in [0, 0.1) is 11.8 Å². The van der Waals surface area contributed by atoms with Crippen LogP contribution in [-0.4, -0.2) is 66.3 Å². The van der Waals surface area contributed by atoms with Crippen molar-refractivity contribution in [3.05, 3.63) is 34.9 Å². The number of aliphatic imine (C=N–C) groups is 1. The molecule has 10 nitrogen and oxygen atoms in total. The van der Waals surface area contributed by atoms with Crippen molar-refractivity contribution < 1.29 is 28.3 Å². The van der Waals surface area contributed by atoms with Gasteiger partial charge < -0.3 is 26.4 Å². The van der Waals surface area contributed by atoms with Gasteiger partial charge in [0.25, 0.3) is 0 Å². The van der Waals surface area contributed by atoms with Gasteiger partial charge in [-0.25, -0.2) is 9.18 Å². The fraction of sp³-hybridized carbons (Fsp3) is 0.577. The number of halogens is 2. The SMILES string of the molecule is CC(C)[C@H](NC(=O)OCc1cccc(Cl)c1)C(=O)N1CCC[C@H]1C(=O)C[C@@H](CCCN=C(N)N)C(=O)CF. The first-order valence-electron chi connectivity index (χ1n) is 12.7. The lowest BCUT2D eigenvalue weighted by atomic mass is 9.90. The van der Waals surface area contributed by atoms with Crippen LogP contribution < -0.4 is 16.8 Å². The molecular weight excluding hydrogens is 517 g/mol. The molecule has 1 aromatic carbocycles. The van der Waals surface area contributed by atoms with Gasteiger partial charge in [-0.05, 0) is 49.3 Å². The molecular formula is C26H37ClFN5O5. The molecule has 1 aliphatic rings. The van der Waals surface area contributed by atoms with Crippen LogP contribution in [0.15, 0.2) is 29.3 Å². The first-order chi connectivity index (χ1) is 18.0. The number of Topliss-reactive ketones (excluding diaryl/α,β-unsaturated/α-hetero) is 2. The first-order valence-corrected chi connectivity index (χ1v) is 13.1. The van der Waals surface area contributed by atoms with Gasteiger partial charge in [-0.15, -0.1) is 0 Å². The van der Waals surface area contributed by atoms with Crippen LogP contribution >= 0.6 is 11.6 Å². The molecule has 0 saturated carbocycles. The van der Waals surface area contributed by atoms with Crippen LogP contribution in [-0.2, 0) is 25.7 Å². The Balaban J connectivity index is 2.02. The summed E-state index contributed by atoms with van der Waals surface area (Å²) in [5.41, 5.74) is 11.3. The fourth-order valence-corrected chi connectivity index (χ4v) is 4.63. The monoisotopic (exact) mass is 553 g/mol. The van der Waals surface area contributed by atoms with E-state index in [1.54, 1.807) is 38.1 Å².